The molecule has 0 unspecified atom stereocenters. The molecule has 0 saturated carbocycles. The first-order valence-corrected chi connectivity index (χ1v) is 3.74. The van der Waals surface area contributed by atoms with Crippen molar-refractivity contribution in [2.75, 3.05) is 0 Å². The second-order valence-corrected chi connectivity index (χ2v) is 2.98. The third-order valence-corrected chi connectivity index (χ3v) is 1.85. The van der Waals surface area contributed by atoms with E-state index >= 15 is 0 Å². The lowest BCUT2D eigenvalue weighted by atomic mass is 9.94. The van der Waals surface area contributed by atoms with E-state index < -0.39 is 17.8 Å². The van der Waals surface area contributed by atoms with E-state index in [1.165, 1.54) is 0 Å². The SMILES string of the molecule is CC1=C[C@H](C)NC(=O)[C@@H]1C(=O)O. The van der Waals surface area contributed by atoms with E-state index in [2.05, 4.69) is 5.32 Å². The average molecular weight is 169 g/mol. The lowest BCUT2D eigenvalue weighted by Crippen LogP contribution is -2.44. The van der Waals surface area contributed by atoms with Gasteiger partial charge >= 0.3 is 5.97 Å². The molecule has 0 aliphatic carbocycles. The van der Waals surface area contributed by atoms with Gasteiger partial charge in [-0.15, -0.1) is 0 Å². The van der Waals surface area contributed by atoms with Gasteiger partial charge in [0.1, 0.15) is 0 Å². The molecule has 0 radical (unpaired) electrons. The van der Waals surface area contributed by atoms with Crippen molar-refractivity contribution in [2.24, 2.45) is 5.92 Å². The Morgan fingerprint density at radius 3 is 2.67 bits per heavy atom. The number of hydrogen-bond donors (Lipinski definition) is 2. The minimum Gasteiger partial charge on any atom is -0.480 e. The first-order valence-electron chi connectivity index (χ1n) is 3.74. The fourth-order valence-corrected chi connectivity index (χ4v) is 1.35. The van der Waals surface area contributed by atoms with Crippen LogP contribution in [0.15, 0.2) is 11.6 Å². The third kappa shape index (κ3) is 1.47. The number of carbonyl (C=O) groups is 2. The topological polar surface area (TPSA) is 66.4 Å². The number of nitrogens with one attached hydrogen (secondary N) is 1. The van der Waals surface area contributed by atoms with Gasteiger partial charge in [0.05, 0.1) is 0 Å². The summed E-state index contributed by atoms with van der Waals surface area (Å²) in [4.78, 5) is 21.7. The molecule has 0 aromatic carbocycles. The molecule has 4 heteroatoms. The first kappa shape index (κ1) is 8.77. The van der Waals surface area contributed by atoms with E-state index in [1.54, 1.807) is 19.9 Å². The van der Waals surface area contributed by atoms with E-state index in [1.807, 2.05) is 0 Å². The van der Waals surface area contributed by atoms with Crippen molar-refractivity contribution >= 4 is 11.9 Å². The van der Waals surface area contributed by atoms with Gasteiger partial charge in [0.15, 0.2) is 5.92 Å². The molecule has 2 N–H and O–H groups in total. The summed E-state index contributed by atoms with van der Waals surface area (Å²) < 4.78 is 0. The van der Waals surface area contributed by atoms with Crippen LogP contribution in [-0.4, -0.2) is 23.0 Å². The quantitative estimate of drug-likeness (QED) is 0.434. The highest BCUT2D eigenvalue weighted by Gasteiger charge is 2.31. The largest absolute Gasteiger partial charge is 0.480 e. The van der Waals surface area contributed by atoms with Crippen LogP contribution in [0.2, 0.25) is 0 Å². The maximum Gasteiger partial charge on any atom is 0.320 e. The molecule has 4 nitrogen and oxygen atoms in total. The molecule has 0 bridgehead atoms. The maximum atomic E-state index is 11.1. The predicted molar refractivity (Wildman–Crippen MR) is 42.5 cm³/mol. The van der Waals surface area contributed by atoms with Gasteiger partial charge in [-0.1, -0.05) is 11.6 Å². The van der Waals surface area contributed by atoms with E-state index in [0.29, 0.717) is 5.57 Å². The molecule has 0 aromatic rings. The van der Waals surface area contributed by atoms with Gasteiger partial charge in [-0.3, -0.25) is 9.59 Å². The van der Waals surface area contributed by atoms with E-state index in [4.69, 9.17) is 5.11 Å². The number of hydrogen-bond acceptors (Lipinski definition) is 2. The van der Waals surface area contributed by atoms with Gasteiger partial charge in [-0.25, -0.2) is 0 Å². The zero-order valence-corrected chi connectivity index (χ0v) is 7.00. The first-order chi connectivity index (χ1) is 5.52. The summed E-state index contributed by atoms with van der Waals surface area (Å²) >= 11 is 0. The smallest absolute Gasteiger partial charge is 0.320 e. The minimum atomic E-state index is -1.09. The Morgan fingerprint density at radius 1 is 1.67 bits per heavy atom. The summed E-state index contributed by atoms with van der Waals surface area (Å²) in [6, 6.07) is -0.0619. The molecule has 0 aromatic heterocycles. The molecule has 0 fully saturated rings. The van der Waals surface area contributed by atoms with Crippen LogP contribution in [0, 0.1) is 5.92 Å². The van der Waals surface area contributed by atoms with Crippen LogP contribution in [0.4, 0.5) is 0 Å². The summed E-state index contributed by atoms with van der Waals surface area (Å²) in [5.41, 5.74) is 0.610. The van der Waals surface area contributed by atoms with Crippen LogP contribution in [-0.2, 0) is 9.59 Å². The zero-order valence-electron chi connectivity index (χ0n) is 7.00. The fourth-order valence-electron chi connectivity index (χ4n) is 1.35. The molecular weight excluding hydrogens is 158 g/mol. The number of aliphatic carboxylic acids is 1. The summed E-state index contributed by atoms with van der Waals surface area (Å²) in [7, 11) is 0. The van der Waals surface area contributed by atoms with Crippen LogP contribution in [0.25, 0.3) is 0 Å². The highest BCUT2D eigenvalue weighted by Crippen LogP contribution is 2.16. The van der Waals surface area contributed by atoms with Gasteiger partial charge in [-0.05, 0) is 13.8 Å². The maximum absolute atomic E-state index is 11.1. The second-order valence-electron chi connectivity index (χ2n) is 2.98. The third-order valence-electron chi connectivity index (χ3n) is 1.85. The Hall–Kier alpha value is -1.32. The second kappa shape index (κ2) is 2.97. The number of carboxylic acids is 1. The Morgan fingerprint density at radius 2 is 2.25 bits per heavy atom. The van der Waals surface area contributed by atoms with Crippen LogP contribution < -0.4 is 5.32 Å². The molecule has 0 saturated heterocycles. The Labute approximate surface area is 70.3 Å². The summed E-state index contributed by atoms with van der Waals surface area (Å²) in [5.74, 6) is -2.51. The average Bonchev–Trinajstić information content (AvgIpc) is 1.82. The van der Waals surface area contributed by atoms with Crippen molar-refractivity contribution in [3.05, 3.63) is 11.6 Å². The lowest BCUT2D eigenvalue weighted by molar-refractivity contribution is -0.145. The summed E-state index contributed by atoms with van der Waals surface area (Å²) in [6.07, 6.45) is 1.75. The molecule has 2 atom stereocenters. The normalized spacial score (nSPS) is 29.2. The van der Waals surface area contributed by atoms with Crippen molar-refractivity contribution < 1.29 is 14.7 Å². The van der Waals surface area contributed by atoms with Crippen molar-refractivity contribution in [3.8, 4) is 0 Å². The molecule has 1 aliphatic heterocycles. The molecule has 1 heterocycles. The van der Waals surface area contributed by atoms with Crippen molar-refractivity contribution in [3.63, 3.8) is 0 Å². The van der Waals surface area contributed by atoms with Gasteiger partial charge in [0, 0.05) is 6.04 Å². The number of amides is 1. The molecule has 1 aliphatic rings. The van der Waals surface area contributed by atoms with Crippen molar-refractivity contribution in [1.29, 1.82) is 0 Å². The molecular formula is C8H11NO3. The van der Waals surface area contributed by atoms with E-state index in [0.717, 1.165) is 0 Å². The highest BCUT2D eigenvalue weighted by atomic mass is 16.4. The highest BCUT2D eigenvalue weighted by molar-refractivity contribution is 6.00. The summed E-state index contributed by atoms with van der Waals surface area (Å²) in [5, 5.41) is 11.2. The molecule has 66 valence electrons. The van der Waals surface area contributed by atoms with Crippen LogP contribution >= 0.6 is 0 Å². The Bertz CT molecular complexity index is 257. The van der Waals surface area contributed by atoms with Crippen molar-refractivity contribution in [1.82, 2.24) is 5.32 Å². The molecule has 1 amide bonds. The predicted octanol–water partition coefficient (Wildman–Crippen LogP) is 0.152. The molecule has 1 rings (SSSR count). The van der Waals surface area contributed by atoms with Gasteiger partial charge in [0.2, 0.25) is 5.91 Å². The summed E-state index contributed by atoms with van der Waals surface area (Å²) in [6.45, 7) is 3.47. The van der Waals surface area contributed by atoms with Crippen molar-refractivity contribution in [2.45, 2.75) is 19.9 Å². The van der Waals surface area contributed by atoms with E-state index in [9.17, 15) is 9.59 Å². The Kier molecular flexibility index (Phi) is 2.17. The zero-order chi connectivity index (χ0) is 9.30. The van der Waals surface area contributed by atoms with E-state index in [-0.39, 0.29) is 6.04 Å². The van der Waals surface area contributed by atoms with Crippen LogP contribution in [0.5, 0.6) is 0 Å². The lowest BCUT2D eigenvalue weighted by Gasteiger charge is -2.22. The van der Waals surface area contributed by atoms with Gasteiger partial charge in [0.25, 0.3) is 0 Å². The minimum absolute atomic E-state index is 0.0619. The van der Waals surface area contributed by atoms with Gasteiger partial charge < -0.3 is 10.4 Å². The fraction of sp³-hybridized carbons (Fsp3) is 0.500. The van der Waals surface area contributed by atoms with Crippen LogP contribution in [0.3, 0.4) is 0 Å². The molecule has 12 heavy (non-hydrogen) atoms. The Balaban J connectivity index is 2.94. The molecule has 0 spiro atoms. The van der Waals surface area contributed by atoms with Crippen LogP contribution in [0.1, 0.15) is 13.8 Å². The monoisotopic (exact) mass is 169 g/mol. The van der Waals surface area contributed by atoms with Gasteiger partial charge in [-0.2, -0.15) is 0 Å². The number of carboxylic acid groups (broad SMARTS) is 1. The number of rotatable bonds is 1. The number of carbonyl (C=O) groups excluding carboxylic acids is 1. The standard InChI is InChI=1S/C8H11NO3/c1-4-3-5(2)9-7(10)6(4)8(11)12/h3,5-6H,1-2H3,(H,9,10)(H,11,12)/t5-,6+/m0/s1.